The molecule has 0 fully saturated rings. The van der Waals surface area contributed by atoms with Crippen molar-refractivity contribution >= 4 is 39.4 Å². The molecule has 4 nitrogen and oxygen atoms in total. The Morgan fingerprint density at radius 1 is 1.25 bits per heavy atom. The van der Waals surface area contributed by atoms with Crippen molar-refractivity contribution in [2.45, 2.75) is 33.2 Å². The van der Waals surface area contributed by atoms with E-state index < -0.39 is 22.8 Å². The third kappa shape index (κ3) is 3.15. The molecule has 0 radical (unpaired) electrons. The molecule has 0 aliphatic rings. The summed E-state index contributed by atoms with van der Waals surface area (Å²) in [6, 6.07) is 5.01. The highest BCUT2D eigenvalue weighted by atomic mass is 79.9. The van der Waals surface area contributed by atoms with Gasteiger partial charge in [0.25, 0.3) is 5.91 Å². The standard InChI is InChI=1S/C14H17BrClNO3/c1-13(2,12(19)20)14(3,4)17-11(18)8-6-5-7-9(15)10(8)16/h5-7H,1-4H3,(H,17,18)(H,19,20). The lowest BCUT2D eigenvalue weighted by atomic mass is 9.74. The van der Waals surface area contributed by atoms with Crippen molar-refractivity contribution in [2.75, 3.05) is 0 Å². The van der Waals surface area contributed by atoms with Crippen LogP contribution in [0.2, 0.25) is 5.02 Å². The van der Waals surface area contributed by atoms with Crippen molar-refractivity contribution in [3.8, 4) is 0 Å². The Morgan fingerprint density at radius 3 is 2.30 bits per heavy atom. The number of halogens is 2. The lowest BCUT2D eigenvalue weighted by Gasteiger charge is -2.38. The van der Waals surface area contributed by atoms with E-state index in [1.807, 2.05) is 0 Å². The molecule has 0 aromatic heterocycles. The summed E-state index contributed by atoms with van der Waals surface area (Å²) in [6.07, 6.45) is 0. The summed E-state index contributed by atoms with van der Waals surface area (Å²) in [7, 11) is 0. The lowest BCUT2D eigenvalue weighted by molar-refractivity contribution is -0.150. The van der Waals surface area contributed by atoms with Crippen LogP contribution in [-0.4, -0.2) is 22.5 Å². The van der Waals surface area contributed by atoms with E-state index in [0.29, 0.717) is 15.1 Å². The molecule has 0 spiro atoms. The first-order chi connectivity index (χ1) is 9.00. The lowest BCUT2D eigenvalue weighted by Crippen LogP contribution is -2.57. The van der Waals surface area contributed by atoms with Crippen LogP contribution in [0.1, 0.15) is 38.1 Å². The summed E-state index contributed by atoms with van der Waals surface area (Å²) < 4.78 is 0.613. The number of aliphatic carboxylic acids is 1. The van der Waals surface area contributed by atoms with Gasteiger partial charge in [-0.3, -0.25) is 9.59 Å². The van der Waals surface area contributed by atoms with E-state index in [1.54, 1.807) is 45.9 Å². The van der Waals surface area contributed by atoms with Crippen molar-refractivity contribution in [3.63, 3.8) is 0 Å². The van der Waals surface area contributed by atoms with Crippen LogP contribution < -0.4 is 5.32 Å². The zero-order valence-corrected chi connectivity index (χ0v) is 14.1. The highest BCUT2D eigenvalue weighted by Crippen LogP contribution is 2.32. The highest BCUT2D eigenvalue weighted by Gasteiger charge is 2.44. The maximum Gasteiger partial charge on any atom is 0.311 e. The predicted molar refractivity (Wildman–Crippen MR) is 82.1 cm³/mol. The van der Waals surface area contributed by atoms with E-state index in [9.17, 15) is 14.7 Å². The van der Waals surface area contributed by atoms with E-state index >= 15 is 0 Å². The summed E-state index contributed by atoms with van der Waals surface area (Å²) in [5.74, 6) is -1.39. The quantitative estimate of drug-likeness (QED) is 0.858. The van der Waals surface area contributed by atoms with Crippen LogP contribution in [0.3, 0.4) is 0 Å². The average Bonchev–Trinajstić information content (AvgIpc) is 2.31. The molecular weight excluding hydrogens is 346 g/mol. The van der Waals surface area contributed by atoms with Crippen molar-refractivity contribution in [2.24, 2.45) is 5.41 Å². The van der Waals surface area contributed by atoms with Gasteiger partial charge >= 0.3 is 5.97 Å². The molecule has 6 heteroatoms. The van der Waals surface area contributed by atoms with E-state index in [4.69, 9.17) is 11.6 Å². The predicted octanol–water partition coefficient (Wildman–Crippen LogP) is 3.72. The van der Waals surface area contributed by atoms with E-state index in [0.717, 1.165) is 0 Å². The Balaban J connectivity index is 3.07. The van der Waals surface area contributed by atoms with Gasteiger partial charge in [0.1, 0.15) is 0 Å². The third-order valence-corrected chi connectivity index (χ3v) is 5.02. The summed E-state index contributed by atoms with van der Waals surface area (Å²) in [5, 5.41) is 12.3. The van der Waals surface area contributed by atoms with Gasteiger partial charge in [-0.2, -0.15) is 0 Å². The first-order valence-electron chi connectivity index (χ1n) is 6.00. The molecule has 0 bridgehead atoms. The number of carboxylic acids is 1. The van der Waals surface area contributed by atoms with Crippen LogP contribution in [-0.2, 0) is 4.79 Å². The number of nitrogens with one attached hydrogen (secondary N) is 1. The van der Waals surface area contributed by atoms with Gasteiger partial charge < -0.3 is 10.4 Å². The molecule has 110 valence electrons. The van der Waals surface area contributed by atoms with Crippen molar-refractivity contribution in [3.05, 3.63) is 33.3 Å². The van der Waals surface area contributed by atoms with E-state index in [2.05, 4.69) is 21.2 Å². The maximum absolute atomic E-state index is 12.3. The van der Waals surface area contributed by atoms with Gasteiger partial charge in [0.15, 0.2) is 0 Å². The SMILES string of the molecule is CC(C)(NC(=O)c1cccc(Br)c1Cl)C(C)(C)C(=O)O. The molecule has 1 amide bonds. The molecule has 0 atom stereocenters. The van der Waals surface area contributed by atoms with Gasteiger partial charge in [-0.05, 0) is 55.8 Å². The number of hydrogen-bond donors (Lipinski definition) is 2. The Labute approximate surface area is 131 Å². The topological polar surface area (TPSA) is 66.4 Å². The second kappa shape index (κ2) is 5.74. The molecule has 0 unspecified atom stereocenters. The highest BCUT2D eigenvalue weighted by molar-refractivity contribution is 9.10. The maximum atomic E-state index is 12.3. The van der Waals surface area contributed by atoms with Crippen molar-refractivity contribution in [1.82, 2.24) is 5.32 Å². The smallest absolute Gasteiger partial charge is 0.311 e. The molecule has 0 aliphatic heterocycles. The Bertz CT molecular complexity index is 555. The Hall–Kier alpha value is -1.07. The fourth-order valence-electron chi connectivity index (χ4n) is 1.45. The van der Waals surface area contributed by atoms with E-state index in [-0.39, 0.29) is 0 Å². The number of hydrogen-bond acceptors (Lipinski definition) is 2. The van der Waals surface area contributed by atoms with Crippen molar-refractivity contribution < 1.29 is 14.7 Å². The Kier molecular flexibility index (Phi) is 4.87. The van der Waals surface area contributed by atoms with Gasteiger partial charge in [0.2, 0.25) is 0 Å². The minimum Gasteiger partial charge on any atom is -0.481 e. The molecule has 20 heavy (non-hydrogen) atoms. The molecule has 0 aliphatic carbocycles. The van der Waals surface area contributed by atoms with Gasteiger partial charge in [0.05, 0.1) is 21.5 Å². The molecule has 1 aromatic rings. The minimum absolute atomic E-state index is 0.300. The zero-order valence-electron chi connectivity index (χ0n) is 11.8. The number of carbonyl (C=O) groups is 2. The van der Waals surface area contributed by atoms with Crippen LogP contribution in [0.25, 0.3) is 0 Å². The zero-order chi connectivity index (χ0) is 15.7. The number of carbonyl (C=O) groups excluding carboxylic acids is 1. The molecule has 0 heterocycles. The molecule has 2 N–H and O–H groups in total. The summed E-state index contributed by atoms with van der Waals surface area (Å²) in [4.78, 5) is 23.6. The molecule has 1 aromatic carbocycles. The van der Waals surface area contributed by atoms with Crippen LogP contribution >= 0.6 is 27.5 Å². The normalized spacial score (nSPS) is 12.1. The van der Waals surface area contributed by atoms with Crippen LogP contribution in [0.4, 0.5) is 0 Å². The fourth-order valence-corrected chi connectivity index (χ4v) is 2.03. The second-order valence-electron chi connectivity index (χ2n) is 5.61. The van der Waals surface area contributed by atoms with Gasteiger partial charge in [-0.1, -0.05) is 17.7 Å². The van der Waals surface area contributed by atoms with Crippen LogP contribution in [0, 0.1) is 5.41 Å². The van der Waals surface area contributed by atoms with Gasteiger partial charge in [0, 0.05) is 4.47 Å². The van der Waals surface area contributed by atoms with Crippen LogP contribution in [0.15, 0.2) is 22.7 Å². The molecule has 0 saturated carbocycles. The summed E-state index contributed by atoms with van der Waals surface area (Å²) in [6.45, 7) is 6.48. The van der Waals surface area contributed by atoms with E-state index in [1.165, 1.54) is 0 Å². The fraction of sp³-hybridized carbons (Fsp3) is 0.429. The minimum atomic E-state index is -1.12. The first kappa shape index (κ1) is 17.0. The monoisotopic (exact) mass is 361 g/mol. The molecule has 0 saturated heterocycles. The summed E-state index contributed by atoms with van der Waals surface area (Å²) >= 11 is 9.32. The number of benzene rings is 1. The third-order valence-electron chi connectivity index (χ3n) is 3.72. The molecule has 1 rings (SSSR count). The summed E-state index contributed by atoms with van der Waals surface area (Å²) in [5.41, 5.74) is -1.77. The van der Waals surface area contributed by atoms with Gasteiger partial charge in [-0.25, -0.2) is 0 Å². The Morgan fingerprint density at radius 2 is 1.80 bits per heavy atom. The average molecular weight is 363 g/mol. The van der Waals surface area contributed by atoms with Crippen LogP contribution in [0.5, 0.6) is 0 Å². The number of amides is 1. The number of rotatable bonds is 4. The number of carboxylic acid groups (broad SMARTS) is 1. The largest absolute Gasteiger partial charge is 0.481 e. The van der Waals surface area contributed by atoms with Crippen molar-refractivity contribution in [1.29, 1.82) is 0 Å². The second-order valence-corrected chi connectivity index (χ2v) is 6.84. The first-order valence-corrected chi connectivity index (χ1v) is 7.17. The van der Waals surface area contributed by atoms with Gasteiger partial charge in [-0.15, -0.1) is 0 Å². The molecular formula is C14H17BrClNO3.